The Hall–Kier alpha value is -1.40. The van der Waals surface area contributed by atoms with Gasteiger partial charge in [-0.3, -0.25) is 0 Å². The Morgan fingerprint density at radius 2 is 2.28 bits per heavy atom. The lowest BCUT2D eigenvalue weighted by Gasteiger charge is -2.19. The van der Waals surface area contributed by atoms with Crippen molar-refractivity contribution < 1.29 is 4.74 Å². The number of nitrogen functional groups attached to an aromatic ring is 1. The van der Waals surface area contributed by atoms with Gasteiger partial charge in [-0.25, -0.2) is 15.8 Å². The standard InChI is InChI=1S/C12H21N5O/c1-9-14-11(16-13)7-12(15-9)17(2)5-6-18-8-10-3-4-10/h7,10H,3-6,8,13H2,1-2H3,(H,14,15,16). The smallest absolute Gasteiger partial charge is 0.145 e. The van der Waals surface area contributed by atoms with Crippen molar-refractivity contribution in [2.24, 2.45) is 11.8 Å². The highest BCUT2D eigenvalue weighted by Gasteiger charge is 2.21. The van der Waals surface area contributed by atoms with E-state index in [1.165, 1.54) is 12.8 Å². The molecule has 0 aromatic carbocycles. The summed E-state index contributed by atoms with van der Waals surface area (Å²) in [5.74, 6) is 8.36. The van der Waals surface area contributed by atoms with Crippen LogP contribution in [0.25, 0.3) is 0 Å². The number of nitrogens with zero attached hydrogens (tertiary/aromatic N) is 3. The Bertz CT molecular complexity index is 394. The fraction of sp³-hybridized carbons (Fsp3) is 0.667. The molecule has 2 rings (SSSR count). The molecule has 3 N–H and O–H groups in total. The second kappa shape index (κ2) is 5.97. The van der Waals surface area contributed by atoms with Gasteiger partial charge in [0.15, 0.2) is 0 Å². The Labute approximate surface area is 108 Å². The average molecular weight is 251 g/mol. The fourth-order valence-electron chi connectivity index (χ4n) is 1.67. The van der Waals surface area contributed by atoms with Crippen LogP contribution < -0.4 is 16.2 Å². The minimum absolute atomic E-state index is 0.628. The topological polar surface area (TPSA) is 76.3 Å². The SMILES string of the molecule is Cc1nc(NN)cc(N(C)CCOCC2CC2)n1. The lowest BCUT2D eigenvalue weighted by Crippen LogP contribution is -2.24. The molecule has 18 heavy (non-hydrogen) atoms. The summed E-state index contributed by atoms with van der Waals surface area (Å²) < 4.78 is 5.61. The van der Waals surface area contributed by atoms with Crippen LogP contribution in [0.5, 0.6) is 0 Å². The molecule has 1 aromatic rings. The number of anilines is 2. The van der Waals surface area contributed by atoms with E-state index < -0.39 is 0 Å². The van der Waals surface area contributed by atoms with Crippen LogP contribution in [-0.4, -0.2) is 36.8 Å². The number of likely N-dealkylation sites (N-methyl/N-ethyl adjacent to an activating group) is 1. The van der Waals surface area contributed by atoms with Crippen molar-refractivity contribution in [1.29, 1.82) is 0 Å². The first-order chi connectivity index (χ1) is 8.69. The number of rotatable bonds is 7. The van der Waals surface area contributed by atoms with E-state index >= 15 is 0 Å². The quantitative estimate of drug-likeness (QED) is 0.426. The van der Waals surface area contributed by atoms with Crippen molar-refractivity contribution >= 4 is 11.6 Å². The highest BCUT2D eigenvalue weighted by Crippen LogP contribution is 2.28. The van der Waals surface area contributed by atoms with Crippen LogP contribution in [0.15, 0.2) is 6.07 Å². The van der Waals surface area contributed by atoms with E-state index in [-0.39, 0.29) is 0 Å². The third-order valence-corrected chi connectivity index (χ3v) is 2.98. The lowest BCUT2D eigenvalue weighted by atomic mass is 10.4. The molecular weight excluding hydrogens is 230 g/mol. The van der Waals surface area contributed by atoms with Crippen molar-refractivity contribution in [3.05, 3.63) is 11.9 Å². The van der Waals surface area contributed by atoms with E-state index in [0.717, 1.165) is 31.5 Å². The summed E-state index contributed by atoms with van der Waals surface area (Å²) in [4.78, 5) is 10.6. The van der Waals surface area contributed by atoms with Crippen LogP contribution in [0, 0.1) is 12.8 Å². The van der Waals surface area contributed by atoms with Crippen molar-refractivity contribution in [1.82, 2.24) is 9.97 Å². The molecule has 0 bridgehead atoms. The van der Waals surface area contributed by atoms with Gasteiger partial charge >= 0.3 is 0 Å². The Balaban J connectivity index is 1.82. The molecule has 0 amide bonds. The van der Waals surface area contributed by atoms with Gasteiger partial charge in [0.2, 0.25) is 0 Å². The number of nitrogens with one attached hydrogen (secondary N) is 1. The van der Waals surface area contributed by atoms with E-state index in [2.05, 4.69) is 15.4 Å². The van der Waals surface area contributed by atoms with Gasteiger partial charge in [0.25, 0.3) is 0 Å². The molecule has 0 aliphatic heterocycles. The van der Waals surface area contributed by atoms with Gasteiger partial charge in [-0.1, -0.05) is 0 Å². The van der Waals surface area contributed by atoms with Gasteiger partial charge in [-0.15, -0.1) is 0 Å². The van der Waals surface area contributed by atoms with Gasteiger partial charge in [0.05, 0.1) is 6.61 Å². The average Bonchev–Trinajstić information content (AvgIpc) is 3.17. The molecule has 0 spiro atoms. The maximum atomic E-state index is 5.61. The van der Waals surface area contributed by atoms with Crippen LogP contribution in [0.3, 0.4) is 0 Å². The Morgan fingerprint density at radius 3 is 2.94 bits per heavy atom. The molecule has 1 fully saturated rings. The van der Waals surface area contributed by atoms with E-state index in [0.29, 0.717) is 11.6 Å². The number of aromatic nitrogens is 2. The molecule has 0 radical (unpaired) electrons. The molecule has 6 nitrogen and oxygen atoms in total. The first-order valence-corrected chi connectivity index (χ1v) is 6.30. The first kappa shape index (κ1) is 13.0. The van der Waals surface area contributed by atoms with E-state index in [1.54, 1.807) is 0 Å². The number of aryl methyl sites for hydroxylation is 1. The summed E-state index contributed by atoms with van der Waals surface area (Å²) in [6, 6.07) is 1.83. The second-order valence-corrected chi connectivity index (χ2v) is 4.74. The molecule has 1 heterocycles. The van der Waals surface area contributed by atoms with Crippen LogP contribution in [0.1, 0.15) is 18.7 Å². The van der Waals surface area contributed by atoms with Gasteiger partial charge in [0.1, 0.15) is 17.5 Å². The molecule has 100 valence electrons. The van der Waals surface area contributed by atoms with Gasteiger partial charge < -0.3 is 15.1 Å². The molecule has 1 aromatic heterocycles. The zero-order valence-corrected chi connectivity index (χ0v) is 11.0. The highest BCUT2D eigenvalue weighted by molar-refractivity contribution is 5.48. The van der Waals surface area contributed by atoms with Crippen LogP contribution in [0.2, 0.25) is 0 Å². The van der Waals surface area contributed by atoms with Crippen molar-refractivity contribution in [2.45, 2.75) is 19.8 Å². The minimum Gasteiger partial charge on any atom is -0.379 e. The van der Waals surface area contributed by atoms with Crippen molar-refractivity contribution in [3.63, 3.8) is 0 Å². The number of hydrogen-bond donors (Lipinski definition) is 2. The van der Waals surface area contributed by atoms with E-state index in [1.807, 2.05) is 24.9 Å². The largest absolute Gasteiger partial charge is 0.379 e. The molecule has 1 aliphatic carbocycles. The molecule has 0 saturated heterocycles. The third kappa shape index (κ3) is 3.82. The molecule has 1 aliphatic rings. The lowest BCUT2D eigenvalue weighted by molar-refractivity contribution is 0.131. The monoisotopic (exact) mass is 251 g/mol. The van der Waals surface area contributed by atoms with Crippen molar-refractivity contribution in [2.75, 3.05) is 37.1 Å². The maximum absolute atomic E-state index is 5.61. The zero-order chi connectivity index (χ0) is 13.0. The van der Waals surface area contributed by atoms with Gasteiger partial charge in [-0.05, 0) is 25.7 Å². The summed E-state index contributed by atoms with van der Waals surface area (Å²) in [5, 5.41) is 0. The number of hydrazine groups is 1. The summed E-state index contributed by atoms with van der Waals surface area (Å²) in [5.41, 5.74) is 2.54. The zero-order valence-electron chi connectivity index (χ0n) is 11.0. The Morgan fingerprint density at radius 1 is 1.50 bits per heavy atom. The maximum Gasteiger partial charge on any atom is 0.145 e. The van der Waals surface area contributed by atoms with Crippen molar-refractivity contribution in [3.8, 4) is 0 Å². The predicted octanol–water partition coefficient (Wildman–Crippen LogP) is 0.933. The van der Waals surface area contributed by atoms with E-state index in [9.17, 15) is 0 Å². The third-order valence-electron chi connectivity index (χ3n) is 2.98. The van der Waals surface area contributed by atoms with Gasteiger partial charge in [-0.2, -0.15) is 0 Å². The Kier molecular flexibility index (Phi) is 4.33. The summed E-state index contributed by atoms with van der Waals surface area (Å²) in [6.07, 6.45) is 2.65. The summed E-state index contributed by atoms with van der Waals surface area (Å²) in [7, 11) is 1.99. The summed E-state index contributed by atoms with van der Waals surface area (Å²) >= 11 is 0. The van der Waals surface area contributed by atoms with Gasteiger partial charge in [0, 0.05) is 26.3 Å². The second-order valence-electron chi connectivity index (χ2n) is 4.74. The minimum atomic E-state index is 0.628. The number of nitrogens with two attached hydrogens (primary N) is 1. The van der Waals surface area contributed by atoms with Crippen LogP contribution in [-0.2, 0) is 4.74 Å². The number of hydrogen-bond acceptors (Lipinski definition) is 6. The molecule has 0 atom stereocenters. The predicted molar refractivity (Wildman–Crippen MR) is 71.4 cm³/mol. The van der Waals surface area contributed by atoms with Crippen LogP contribution in [0.4, 0.5) is 11.6 Å². The highest BCUT2D eigenvalue weighted by atomic mass is 16.5. The summed E-state index contributed by atoms with van der Waals surface area (Å²) in [6.45, 7) is 4.28. The number of ether oxygens (including phenoxy) is 1. The molecular formula is C12H21N5O. The van der Waals surface area contributed by atoms with E-state index in [4.69, 9.17) is 10.6 Å². The molecule has 0 unspecified atom stereocenters. The normalized spacial score (nSPS) is 14.6. The molecule has 1 saturated carbocycles. The first-order valence-electron chi connectivity index (χ1n) is 6.30. The molecule has 6 heteroatoms. The fourth-order valence-corrected chi connectivity index (χ4v) is 1.67. The van der Waals surface area contributed by atoms with Crippen LogP contribution >= 0.6 is 0 Å².